The Morgan fingerprint density at radius 3 is 2.56 bits per heavy atom. The summed E-state index contributed by atoms with van der Waals surface area (Å²) >= 11 is 0. The Morgan fingerprint density at radius 1 is 1.21 bits per heavy atom. The number of nitrogens with zero attached hydrogens (tertiary/aromatic N) is 4. The smallest absolute Gasteiger partial charge is 0.408 e. The summed E-state index contributed by atoms with van der Waals surface area (Å²) in [5, 5.41) is 15.5. The van der Waals surface area contributed by atoms with Gasteiger partial charge in [-0.15, -0.1) is 0 Å². The summed E-state index contributed by atoms with van der Waals surface area (Å²) in [5.74, 6) is 0.285. The molecule has 0 unspecified atom stereocenters. The maximum atomic E-state index is 12.9. The monoisotopic (exact) mass is 464 g/mol. The average molecular weight is 465 g/mol. The fourth-order valence-corrected chi connectivity index (χ4v) is 4.64. The molecular weight excluding hydrogens is 432 g/mol. The third kappa shape index (κ3) is 5.56. The van der Waals surface area contributed by atoms with E-state index in [4.69, 9.17) is 4.74 Å². The van der Waals surface area contributed by atoms with Crippen LogP contribution in [-0.4, -0.2) is 52.2 Å². The molecule has 0 spiro atoms. The van der Waals surface area contributed by atoms with Gasteiger partial charge in [-0.25, -0.2) is 4.79 Å². The fourth-order valence-electron chi connectivity index (χ4n) is 4.64. The highest BCUT2D eigenvalue weighted by Crippen LogP contribution is 2.39. The predicted molar refractivity (Wildman–Crippen MR) is 128 cm³/mol. The van der Waals surface area contributed by atoms with Crippen LogP contribution in [0.15, 0.2) is 24.5 Å². The van der Waals surface area contributed by atoms with Gasteiger partial charge >= 0.3 is 6.09 Å². The van der Waals surface area contributed by atoms with Gasteiger partial charge in [-0.2, -0.15) is 5.26 Å². The van der Waals surface area contributed by atoms with Gasteiger partial charge in [-0.3, -0.25) is 14.8 Å². The molecule has 0 bridgehead atoms. The second-order valence-electron chi connectivity index (χ2n) is 10.6. The lowest BCUT2D eigenvalue weighted by Gasteiger charge is -2.38. The van der Waals surface area contributed by atoms with E-state index in [-0.39, 0.29) is 18.4 Å². The first kappa shape index (κ1) is 23.7. The quantitative estimate of drug-likeness (QED) is 0.697. The summed E-state index contributed by atoms with van der Waals surface area (Å²) in [6.45, 7) is 9.08. The number of nitriles is 1. The van der Waals surface area contributed by atoms with Crippen molar-refractivity contribution in [2.75, 3.05) is 18.0 Å². The summed E-state index contributed by atoms with van der Waals surface area (Å²) in [7, 11) is 0. The van der Waals surface area contributed by atoms with Crippen LogP contribution in [0.2, 0.25) is 0 Å². The zero-order valence-corrected chi connectivity index (χ0v) is 20.2. The number of carbonyl (C=O) groups is 2. The lowest BCUT2D eigenvalue weighted by atomic mass is 9.94. The molecule has 1 aromatic carbocycles. The molecule has 2 aromatic rings. The number of ether oxygens (including phenoxy) is 1. The number of hydrogen-bond donors (Lipinski definition) is 2. The first-order valence-electron chi connectivity index (χ1n) is 11.8. The van der Waals surface area contributed by atoms with Crippen LogP contribution in [0.5, 0.6) is 0 Å². The van der Waals surface area contributed by atoms with Gasteiger partial charge < -0.3 is 20.3 Å². The molecule has 1 aliphatic heterocycles. The number of anilines is 1. The Morgan fingerprint density at radius 2 is 1.91 bits per heavy atom. The maximum Gasteiger partial charge on any atom is 0.408 e. The molecule has 2 amide bonds. The van der Waals surface area contributed by atoms with Gasteiger partial charge in [0.1, 0.15) is 22.7 Å². The van der Waals surface area contributed by atoms with Crippen LogP contribution in [-0.2, 0) is 9.53 Å². The van der Waals surface area contributed by atoms with E-state index in [2.05, 4.69) is 38.5 Å². The molecule has 2 heterocycles. The third-order valence-electron chi connectivity index (χ3n) is 6.21. The van der Waals surface area contributed by atoms with Crippen LogP contribution in [0, 0.1) is 17.2 Å². The van der Waals surface area contributed by atoms with Crippen molar-refractivity contribution in [2.45, 2.75) is 70.6 Å². The van der Waals surface area contributed by atoms with Gasteiger partial charge in [-0.05, 0) is 58.1 Å². The number of alkyl carbamates (subject to hydrolysis) is 1. The minimum Gasteiger partial charge on any atom is -0.444 e. The second-order valence-corrected chi connectivity index (χ2v) is 10.6. The van der Waals surface area contributed by atoms with Crippen molar-refractivity contribution in [1.29, 1.82) is 5.26 Å². The number of fused-ring (bicyclic) bond motifs is 1. The normalized spacial score (nSPS) is 21.4. The van der Waals surface area contributed by atoms with Crippen LogP contribution in [0.25, 0.3) is 11.0 Å². The zero-order chi connectivity index (χ0) is 24.5. The van der Waals surface area contributed by atoms with E-state index in [0.717, 1.165) is 31.5 Å². The Hall–Kier alpha value is -3.41. The van der Waals surface area contributed by atoms with Crippen LogP contribution in [0.1, 0.15) is 58.9 Å². The van der Waals surface area contributed by atoms with E-state index >= 15 is 0 Å². The molecular formula is C25H32N6O3. The molecule has 1 aliphatic carbocycles. The Kier molecular flexibility index (Phi) is 6.34. The van der Waals surface area contributed by atoms with Crippen molar-refractivity contribution < 1.29 is 14.3 Å². The standard InChI is InChI=1S/C25H32N6O3/c1-16-11-18(29-20(32)12-25(7-8-25)30-23(33)34-24(2,3)4)15-31(14-16)19-6-5-17(13-26)21-22(19)28-10-9-27-21/h5-6,9-10,16,18H,7-8,11-12,14-15H2,1-4H3,(H,29,32)(H,30,33)/t16-,18+/m0/s1. The van der Waals surface area contributed by atoms with E-state index in [9.17, 15) is 14.9 Å². The van der Waals surface area contributed by atoms with Gasteiger partial charge in [-0.1, -0.05) is 6.92 Å². The number of amides is 2. The van der Waals surface area contributed by atoms with Crippen LogP contribution < -0.4 is 15.5 Å². The molecule has 180 valence electrons. The first-order valence-corrected chi connectivity index (χ1v) is 11.8. The van der Waals surface area contributed by atoms with Crippen molar-refractivity contribution in [3.8, 4) is 6.07 Å². The molecule has 9 heteroatoms. The fraction of sp³-hybridized carbons (Fsp3) is 0.560. The molecule has 1 saturated carbocycles. The van der Waals surface area contributed by atoms with Gasteiger partial charge in [0.15, 0.2) is 0 Å². The van der Waals surface area contributed by atoms with E-state index in [0.29, 0.717) is 29.1 Å². The number of benzene rings is 1. The Labute approximate surface area is 199 Å². The van der Waals surface area contributed by atoms with Gasteiger partial charge in [0.2, 0.25) is 5.91 Å². The predicted octanol–water partition coefficient (Wildman–Crippen LogP) is 3.28. The molecule has 2 atom stereocenters. The largest absolute Gasteiger partial charge is 0.444 e. The number of carbonyl (C=O) groups excluding carboxylic acids is 2. The second kappa shape index (κ2) is 9.09. The summed E-state index contributed by atoms with van der Waals surface area (Å²) in [4.78, 5) is 36.1. The van der Waals surface area contributed by atoms with Crippen molar-refractivity contribution in [3.63, 3.8) is 0 Å². The highest BCUT2D eigenvalue weighted by Gasteiger charge is 2.47. The molecule has 0 radical (unpaired) electrons. The van der Waals surface area contributed by atoms with Crippen molar-refractivity contribution in [3.05, 3.63) is 30.1 Å². The lowest BCUT2D eigenvalue weighted by molar-refractivity contribution is -0.122. The minimum atomic E-state index is -0.579. The number of rotatable bonds is 5. The summed E-state index contributed by atoms with van der Waals surface area (Å²) in [6.07, 6.45) is 5.38. The van der Waals surface area contributed by atoms with Crippen LogP contribution >= 0.6 is 0 Å². The topological polar surface area (TPSA) is 120 Å². The lowest BCUT2D eigenvalue weighted by Crippen LogP contribution is -2.52. The summed E-state index contributed by atoms with van der Waals surface area (Å²) < 4.78 is 5.35. The number of nitrogens with one attached hydrogen (secondary N) is 2. The number of piperidine rings is 1. The van der Waals surface area contributed by atoms with E-state index in [1.807, 2.05) is 26.8 Å². The molecule has 2 aliphatic rings. The third-order valence-corrected chi connectivity index (χ3v) is 6.21. The molecule has 34 heavy (non-hydrogen) atoms. The zero-order valence-electron chi connectivity index (χ0n) is 20.2. The van der Waals surface area contributed by atoms with Gasteiger partial charge in [0.05, 0.1) is 16.8 Å². The van der Waals surface area contributed by atoms with Crippen molar-refractivity contribution in [2.24, 2.45) is 5.92 Å². The van der Waals surface area contributed by atoms with Crippen LogP contribution in [0.3, 0.4) is 0 Å². The summed E-state index contributed by atoms with van der Waals surface area (Å²) in [6, 6.07) is 5.84. The van der Waals surface area contributed by atoms with E-state index < -0.39 is 17.2 Å². The molecule has 1 aromatic heterocycles. The first-order chi connectivity index (χ1) is 16.1. The van der Waals surface area contributed by atoms with Crippen molar-refractivity contribution in [1.82, 2.24) is 20.6 Å². The van der Waals surface area contributed by atoms with Gasteiger partial charge in [0, 0.05) is 37.9 Å². The Balaban J connectivity index is 1.42. The van der Waals surface area contributed by atoms with E-state index in [1.165, 1.54) is 0 Å². The molecule has 2 N–H and O–H groups in total. The highest BCUT2D eigenvalue weighted by molar-refractivity contribution is 5.92. The molecule has 1 saturated heterocycles. The van der Waals surface area contributed by atoms with Crippen molar-refractivity contribution >= 4 is 28.7 Å². The number of aromatic nitrogens is 2. The maximum absolute atomic E-state index is 12.9. The minimum absolute atomic E-state index is 0.0315. The molecule has 4 rings (SSSR count). The molecule has 2 fully saturated rings. The SMILES string of the molecule is C[C@H]1C[C@@H](NC(=O)CC2(NC(=O)OC(C)(C)C)CC2)CN(c2ccc(C#N)c3nccnc23)C1. The average Bonchev–Trinajstić information content (AvgIpc) is 3.49. The summed E-state index contributed by atoms with van der Waals surface area (Å²) in [5.41, 5.74) is 1.60. The Bertz CT molecular complexity index is 1130. The van der Waals surface area contributed by atoms with Gasteiger partial charge in [0.25, 0.3) is 0 Å². The van der Waals surface area contributed by atoms with E-state index in [1.54, 1.807) is 18.5 Å². The number of hydrogen-bond acceptors (Lipinski definition) is 7. The molecule has 9 nitrogen and oxygen atoms in total. The van der Waals surface area contributed by atoms with Crippen LogP contribution in [0.4, 0.5) is 10.5 Å². The highest BCUT2D eigenvalue weighted by atomic mass is 16.6.